The van der Waals surface area contributed by atoms with Crippen LogP contribution in [-0.4, -0.2) is 19.3 Å². The minimum Gasteiger partial charge on any atom is -0.461 e. The van der Waals surface area contributed by atoms with Crippen LogP contribution in [0.5, 0.6) is 11.5 Å². The number of benzene rings is 2. The van der Waals surface area contributed by atoms with Gasteiger partial charge in [-0.05, 0) is 62.7 Å². The van der Waals surface area contributed by atoms with Gasteiger partial charge in [-0.2, -0.15) is 8.42 Å². The summed E-state index contributed by atoms with van der Waals surface area (Å²) in [5.41, 5.74) is 3.21. The Morgan fingerprint density at radius 3 is 2.29 bits per heavy atom. The van der Waals surface area contributed by atoms with Gasteiger partial charge in [-0.15, -0.1) is 0 Å². The summed E-state index contributed by atoms with van der Waals surface area (Å²) in [6, 6.07) is 16.8. The fraction of sp³-hybridized carbons (Fsp3) is 0.130. The van der Waals surface area contributed by atoms with Crippen molar-refractivity contribution in [1.82, 2.24) is 4.98 Å². The van der Waals surface area contributed by atoms with Gasteiger partial charge >= 0.3 is 11.6 Å². The van der Waals surface area contributed by atoms with Crippen molar-refractivity contribution in [2.75, 3.05) is 5.32 Å². The van der Waals surface area contributed by atoms with Crippen molar-refractivity contribution < 1.29 is 22.4 Å². The summed E-state index contributed by atoms with van der Waals surface area (Å²) in [5.74, 6) is 2.23. The maximum atomic E-state index is 12.8. The lowest BCUT2D eigenvalue weighted by atomic mass is 10.1. The second-order valence-corrected chi connectivity index (χ2v) is 7.04. The third-order valence-electron chi connectivity index (χ3n) is 4.39. The Labute approximate surface area is 182 Å². The van der Waals surface area contributed by atoms with Gasteiger partial charge in [-0.3, -0.25) is 4.79 Å². The van der Waals surface area contributed by atoms with Crippen LogP contribution in [0.4, 0.5) is 5.82 Å². The third-order valence-corrected chi connectivity index (χ3v) is 4.39. The van der Waals surface area contributed by atoms with E-state index < -0.39 is 11.6 Å². The first-order valence-electron chi connectivity index (χ1n) is 9.34. The predicted molar refractivity (Wildman–Crippen MR) is 118 cm³/mol. The number of nitrogens with one attached hydrogen (secondary N) is 1. The van der Waals surface area contributed by atoms with E-state index in [0.29, 0.717) is 28.5 Å². The number of fused-ring (bicyclic) bond motifs is 1. The van der Waals surface area contributed by atoms with Gasteiger partial charge in [0.05, 0.1) is 5.39 Å². The predicted octanol–water partition coefficient (Wildman–Crippen LogP) is 5.13. The van der Waals surface area contributed by atoms with Gasteiger partial charge in [0.1, 0.15) is 28.7 Å². The van der Waals surface area contributed by atoms with Crippen molar-refractivity contribution >= 4 is 34.3 Å². The molecule has 4 rings (SSSR count). The Bertz CT molecular complexity index is 1240. The number of aromatic nitrogens is 1. The van der Waals surface area contributed by atoms with E-state index in [1.54, 1.807) is 24.4 Å². The molecule has 0 radical (unpaired) electrons. The highest BCUT2D eigenvalue weighted by atomic mass is 32.1. The number of carbonyl (C=O) groups excluding carboxylic acids is 1. The van der Waals surface area contributed by atoms with E-state index >= 15 is 0 Å². The standard InChI is InChI=1S/C23H20N2O3.O2S/c1-14-4-7-18(8-5-14)28-21-12-17(11-20-19(21)10-16(3)27-20)23(26)25-22-9-6-15(2)13-24-22;1-3-2/h4-13H,1-3H3,(H,24,25,26);. The number of aryl methyl sites for hydroxylation is 3. The monoisotopic (exact) mass is 436 g/mol. The van der Waals surface area contributed by atoms with Crippen molar-refractivity contribution in [2.24, 2.45) is 0 Å². The SMILES string of the molecule is Cc1ccc(Oc2cc(C(=O)Nc3ccc(C)cn3)cc3oc(C)cc23)cc1.O=S=O. The molecule has 1 N–H and O–H groups in total. The number of carbonyl (C=O) groups is 1. The van der Waals surface area contributed by atoms with Crippen molar-refractivity contribution in [1.29, 1.82) is 0 Å². The maximum Gasteiger partial charge on any atom is 0.335 e. The molecule has 2 aromatic carbocycles. The largest absolute Gasteiger partial charge is 0.461 e. The van der Waals surface area contributed by atoms with E-state index in [1.807, 2.05) is 57.2 Å². The van der Waals surface area contributed by atoms with Crippen LogP contribution < -0.4 is 10.1 Å². The number of hydrogen-bond acceptors (Lipinski definition) is 6. The topological polar surface area (TPSA) is 98.5 Å². The minimum absolute atomic E-state index is 0.277. The molecule has 0 atom stereocenters. The smallest absolute Gasteiger partial charge is 0.335 e. The molecule has 0 saturated carbocycles. The minimum atomic E-state index is -0.750. The molecule has 8 heteroatoms. The van der Waals surface area contributed by atoms with E-state index in [1.165, 1.54) is 0 Å². The van der Waals surface area contributed by atoms with Crippen LogP contribution in [0, 0.1) is 20.8 Å². The van der Waals surface area contributed by atoms with Crippen LogP contribution in [0.25, 0.3) is 11.0 Å². The van der Waals surface area contributed by atoms with Crippen molar-refractivity contribution in [3.8, 4) is 11.5 Å². The highest BCUT2D eigenvalue weighted by Crippen LogP contribution is 2.34. The molecule has 0 saturated heterocycles. The molecule has 0 aliphatic rings. The molecule has 4 aromatic rings. The van der Waals surface area contributed by atoms with Crippen LogP contribution in [0.15, 0.2) is 65.2 Å². The molecule has 1 amide bonds. The van der Waals surface area contributed by atoms with Crippen molar-refractivity contribution in [3.05, 3.63) is 83.2 Å². The molecule has 2 aromatic heterocycles. The first kappa shape index (κ1) is 21.9. The van der Waals surface area contributed by atoms with Crippen LogP contribution in [-0.2, 0) is 11.6 Å². The van der Waals surface area contributed by atoms with Crippen LogP contribution in [0.2, 0.25) is 0 Å². The van der Waals surface area contributed by atoms with Crippen LogP contribution in [0.3, 0.4) is 0 Å². The van der Waals surface area contributed by atoms with Crippen molar-refractivity contribution in [3.63, 3.8) is 0 Å². The molecule has 0 unspecified atom stereocenters. The normalized spacial score (nSPS) is 10.2. The lowest BCUT2D eigenvalue weighted by Gasteiger charge is -2.10. The fourth-order valence-electron chi connectivity index (χ4n) is 2.91. The van der Waals surface area contributed by atoms with E-state index in [0.717, 1.165) is 22.3 Å². The molecule has 0 fully saturated rings. The quantitative estimate of drug-likeness (QED) is 0.476. The van der Waals surface area contributed by atoms with E-state index in [2.05, 4.69) is 10.3 Å². The molecule has 0 bridgehead atoms. The van der Waals surface area contributed by atoms with E-state index in [9.17, 15) is 4.79 Å². The molecule has 0 aliphatic carbocycles. The molecule has 0 spiro atoms. The van der Waals surface area contributed by atoms with Gasteiger partial charge in [-0.1, -0.05) is 23.8 Å². The Morgan fingerprint density at radius 2 is 1.65 bits per heavy atom. The third kappa shape index (κ3) is 5.64. The van der Waals surface area contributed by atoms with E-state index in [-0.39, 0.29) is 5.91 Å². The summed E-state index contributed by atoms with van der Waals surface area (Å²) in [5, 5.41) is 3.63. The zero-order valence-electron chi connectivity index (χ0n) is 17.2. The first-order chi connectivity index (χ1) is 14.9. The number of hydrogen-bond donors (Lipinski definition) is 1. The average Bonchev–Trinajstić information content (AvgIpc) is 3.12. The fourth-order valence-corrected chi connectivity index (χ4v) is 2.91. The summed E-state index contributed by atoms with van der Waals surface area (Å²) in [6.45, 7) is 5.83. The highest BCUT2D eigenvalue weighted by Gasteiger charge is 2.15. The summed E-state index contributed by atoms with van der Waals surface area (Å²) >= 11 is -0.750. The van der Waals surface area contributed by atoms with E-state index in [4.69, 9.17) is 17.6 Å². The zero-order chi connectivity index (χ0) is 22.4. The molecule has 7 nitrogen and oxygen atoms in total. The molecule has 0 aliphatic heterocycles. The van der Waals surface area contributed by atoms with Crippen LogP contribution in [0.1, 0.15) is 27.2 Å². The maximum absolute atomic E-state index is 12.8. The highest BCUT2D eigenvalue weighted by molar-refractivity contribution is 7.51. The number of pyridine rings is 1. The number of rotatable bonds is 4. The number of furan rings is 1. The number of anilines is 1. The Kier molecular flexibility index (Phi) is 6.94. The second kappa shape index (κ2) is 9.82. The van der Waals surface area contributed by atoms with Gasteiger partial charge in [0.2, 0.25) is 0 Å². The molecular weight excluding hydrogens is 416 g/mol. The zero-order valence-corrected chi connectivity index (χ0v) is 18.0. The van der Waals surface area contributed by atoms with Gasteiger partial charge in [-0.25, -0.2) is 4.98 Å². The number of ether oxygens (including phenoxy) is 1. The Balaban J connectivity index is 0.000000858. The summed E-state index contributed by atoms with van der Waals surface area (Å²) < 4.78 is 28.4. The van der Waals surface area contributed by atoms with Crippen molar-refractivity contribution in [2.45, 2.75) is 20.8 Å². The first-order valence-corrected chi connectivity index (χ1v) is 10.0. The average molecular weight is 436 g/mol. The lowest BCUT2D eigenvalue weighted by molar-refractivity contribution is 0.102. The van der Waals surface area contributed by atoms with Crippen LogP contribution >= 0.6 is 0 Å². The molecular formula is C23H20N2O5S. The van der Waals surface area contributed by atoms with Gasteiger partial charge in [0, 0.05) is 11.8 Å². The Morgan fingerprint density at radius 1 is 0.968 bits per heavy atom. The Hall–Kier alpha value is -3.78. The molecule has 31 heavy (non-hydrogen) atoms. The van der Waals surface area contributed by atoms with Gasteiger partial charge < -0.3 is 14.5 Å². The summed E-state index contributed by atoms with van der Waals surface area (Å²) in [7, 11) is 0. The molecule has 2 heterocycles. The lowest BCUT2D eigenvalue weighted by Crippen LogP contribution is -2.13. The van der Waals surface area contributed by atoms with Gasteiger partial charge in [0.15, 0.2) is 0 Å². The molecule has 158 valence electrons. The number of nitrogens with zero attached hydrogens (tertiary/aromatic N) is 1. The summed E-state index contributed by atoms with van der Waals surface area (Å²) in [4.78, 5) is 17.0. The summed E-state index contributed by atoms with van der Waals surface area (Å²) in [6.07, 6.45) is 1.71. The second-order valence-electron chi connectivity index (χ2n) is 6.90. The van der Waals surface area contributed by atoms with Gasteiger partial charge in [0.25, 0.3) is 5.91 Å². The number of amides is 1.